The van der Waals surface area contributed by atoms with Crippen LogP contribution in [0.15, 0.2) is 16.8 Å². The van der Waals surface area contributed by atoms with Gasteiger partial charge in [-0.05, 0) is 6.42 Å². The van der Waals surface area contributed by atoms with Gasteiger partial charge in [-0.1, -0.05) is 23.5 Å². The van der Waals surface area contributed by atoms with E-state index in [2.05, 4.69) is 27.0 Å². The maximum absolute atomic E-state index is 11.7. The van der Waals surface area contributed by atoms with Crippen molar-refractivity contribution in [3.63, 3.8) is 0 Å². The summed E-state index contributed by atoms with van der Waals surface area (Å²) in [4.78, 5) is 11.7. The molecule has 0 saturated heterocycles. The van der Waals surface area contributed by atoms with E-state index in [1.807, 2.05) is 6.92 Å². The topological polar surface area (TPSA) is 80.9 Å². The van der Waals surface area contributed by atoms with E-state index in [4.69, 9.17) is 4.52 Å². The van der Waals surface area contributed by atoms with Gasteiger partial charge in [0.1, 0.15) is 5.00 Å². The molecule has 7 heteroatoms. The van der Waals surface area contributed by atoms with Gasteiger partial charge >= 0.3 is 0 Å². The van der Waals surface area contributed by atoms with Crippen molar-refractivity contribution in [2.24, 2.45) is 0 Å². The molecule has 0 aliphatic carbocycles. The van der Waals surface area contributed by atoms with E-state index in [0.29, 0.717) is 5.00 Å². The van der Waals surface area contributed by atoms with Crippen LogP contribution in [0.5, 0.6) is 0 Å². The molecule has 6 nitrogen and oxygen atoms in total. The Morgan fingerprint density at radius 2 is 2.47 bits per heavy atom. The number of nitrogens with zero attached hydrogens (tertiary/aromatic N) is 3. The first kappa shape index (κ1) is 11.7. The molecule has 0 aliphatic heterocycles. The van der Waals surface area contributed by atoms with Crippen LogP contribution in [0.1, 0.15) is 42.4 Å². The van der Waals surface area contributed by atoms with Crippen LogP contribution >= 0.6 is 11.5 Å². The van der Waals surface area contributed by atoms with E-state index in [9.17, 15) is 4.79 Å². The highest BCUT2D eigenvalue weighted by Crippen LogP contribution is 2.19. The Labute approximate surface area is 102 Å². The van der Waals surface area contributed by atoms with Gasteiger partial charge < -0.3 is 9.84 Å². The van der Waals surface area contributed by atoms with Crippen LogP contribution in [0, 0.1) is 0 Å². The summed E-state index contributed by atoms with van der Waals surface area (Å²) in [5.74, 6) is 0.150. The molecule has 1 amide bonds. The van der Waals surface area contributed by atoms with E-state index in [1.54, 1.807) is 6.07 Å². The summed E-state index contributed by atoms with van der Waals surface area (Å²) in [5.41, 5.74) is 0.792. The van der Waals surface area contributed by atoms with Crippen molar-refractivity contribution in [3.8, 4) is 0 Å². The van der Waals surface area contributed by atoms with Gasteiger partial charge in [0.15, 0.2) is 0 Å². The SMILES string of the molecule is CC[C@@H](C)c1cc(C(=O)Nc2cnns2)on1. The molecule has 17 heavy (non-hydrogen) atoms. The Morgan fingerprint density at radius 1 is 1.65 bits per heavy atom. The van der Waals surface area contributed by atoms with Crippen molar-refractivity contribution in [1.82, 2.24) is 14.7 Å². The number of rotatable bonds is 4. The van der Waals surface area contributed by atoms with E-state index < -0.39 is 0 Å². The fourth-order valence-electron chi connectivity index (χ4n) is 1.23. The molecule has 2 aromatic heterocycles. The minimum atomic E-state index is -0.335. The lowest BCUT2D eigenvalue weighted by Crippen LogP contribution is -2.09. The Morgan fingerprint density at radius 3 is 3.12 bits per heavy atom. The molecule has 2 rings (SSSR count). The first-order valence-corrected chi connectivity index (χ1v) is 6.03. The van der Waals surface area contributed by atoms with E-state index in [0.717, 1.165) is 23.6 Å². The zero-order valence-corrected chi connectivity index (χ0v) is 10.3. The molecule has 0 spiro atoms. The number of hydrogen-bond acceptors (Lipinski definition) is 6. The lowest BCUT2D eigenvalue weighted by atomic mass is 10.1. The smallest absolute Gasteiger partial charge is 0.294 e. The molecular formula is C10H12N4O2S. The zero-order chi connectivity index (χ0) is 12.3. The summed E-state index contributed by atoms with van der Waals surface area (Å²) < 4.78 is 8.65. The number of amides is 1. The molecule has 0 aliphatic rings. The normalized spacial score (nSPS) is 12.4. The van der Waals surface area contributed by atoms with Crippen LogP contribution in [-0.2, 0) is 0 Å². The van der Waals surface area contributed by atoms with Gasteiger partial charge in [-0.15, -0.1) is 5.10 Å². The average Bonchev–Trinajstić information content (AvgIpc) is 2.98. The van der Waals surface area contributed by atoms with Gasteiger partial charge in [-0.2, -0.15) is 0 Å². The van der Waals surface area contributed by atoms with E-state index >= 15 is 0 Å². The predicted octanol–water partition coefficient (Wildman–Crippen LogP) is 2.29. The first-order valence-electron chi connectivity index (χ1n) is 5.26. The maximum atomic E-state index is 11.7. The minimum absolute atomic E-state index is 0.203. The fraction of sp³-hybridized carbons (Fsp3) is 0.400. The number of carbonyl (C=O) groups is 1. The second-order valence-corrected chi connectivity index (χ2v) is 4.45. The molecule has 90 valence electrons. The minimum Gasteiger partial charge on any atom is -0.351 e. The fourth-order valence-corrected chi connectivity index (χ4v) is 1.65. The molecule has 2 heterocycles. The molecule has 1 N–H and O–H groups in total. The summed E-state index contributed by atoms with van der Waals surface area (Å²) in [5, 5.41) is 10.7. The quantitative estimate of drug-likeness (QED) is 0.902. The molecule has 1 atom stereocenters. The van der Waals surface area contributed by atoms with Crippen molar-refractivity contribution in [2.45, 2.75) is 26.2 Å². The molecule has 2 aromatic rings. The molecule has 0 radical (unpaired) electrons. The molecule has 0 saturated carbocycles. The van der Waals surface area contributed by atoms with E-state index in [-0.39, 0.29) is 17.6 Å². The molecule has 0 unspecified atom stereocenters. The van der Waals surface area contributed by atoms with Crippen LogP contribution < -0.4 is 5.32 Å². The van der Waals surface area contributed by atoms with Crippen molar-refractivity contribution >= 4 is 22.4 Å². The largest absolute Gasteiger partial charge is 0.351 e. The maximum Gasteiger partial charge on any atom is 0.294 e. The number of aromatic nitrogens is 3. The third kappa shape index (κ3) is 2.68. The Balaban J connectivity index is 2.07. The van der Waals surface area contributed by atoms with Gasteiger partial charge in [-0.3, -0.25) is 4.79 Å². The highest BCUT2D eigenvalue weighted by atomic mass is 32.1. The van der Waals surface area contributed by atoms with Crippen molar-refractivity contribution in [1.29, 1.82) is 0 Å². The highest BCUT2D eigenvalue weighted by Gasteiger charge is 2.16. The third-order valence-corrected chi connectivity index (χ3v) is 3.05. The summed E-state index contributed by atoms with van der Waals surface area (Å²) in [6.07, 6.45) is 2.43. The van der Waals surface area contributed by atoms with Crippen molar-refractivity contribution < 1.29 is 9.32 Å². The summed E-state index contributed by atoms with van der Waals surface area (Å²) in [6, 6.07) is 1.66. The van der Waals surface area contributed by atoms with Gasteiger partial charge in [0.2, 0.25) is 5.76 Å². The monoisotopic (exact) mass is 252 g/mol. The number of nitrogens with one attached hydrogen (secondary N) is 1. The predicted molar refractivity (Wildman–Crippen MR) is 63.1 cm³/mol. The van der Waals surface area contributed by atoms with E-state index in [1.165, 1.54) is 6.20 Å². The van der Waals surface area contributed by atoms with Gasteiger partial charge in [0.05, 0.1) is 11.9 Å². The van der Waals surface area contributed by atoms with Crippen LogP contribution in [0.2, 0.25) is 0 Å². The Hall–Kier alpha value is -1.76. The summed E-state index contributed by atoms with van der Waals surface area (Å²) >= 11 is 1.11. The molecular weight excluding hydrogens is 240 g/mol. The van der Waals surface area contributed by atoms with Gasteiger partial charge in [0.25, 0.3) is 5.91 Å². The average molecular weight is 252 g/mol. The molecule has 0 bridgehead atoms. The summed E-state index contributed by atoms with van der Waals surface area (Å²) in [7, 11) is 0. The van der Waals surface area contributed by atoms with Crippen molar-refractivity contribution in [3.05, 3.63) is 23.7 Å². The second kappa shape index (κ2) is 5.05. The van der Waals surface area contributed by atoms with Gasteiger partial charge in [-0.25, -0.2) is 0 Å². The first-order chi connectivity index (χ1) is 8.20. The number of hydrogen-bond donors (Lipinski definition) is 1. The Bertz CT molecular complexity index is 494. The standard InChI is InChI=1S/C10H12N4O2S/c1-3-6(2)7-4-8(16-13-7)10(15)12-9-5-11-14-17-9/h4-6H,3H2,1-2H3,(H,12,15)/t6-/m1/s1. The van der Waals surface area contributed by atoms with Crippen LogP contribution in [0.25, 0.3) is 0 Å². The van der Waals surface area contributed by atoms with Crippen LogP contribution in [0.3, 0.4) is 0 Å². The highest BCUT2D eigenvalue weighted by molar-refractivity contribution is 7.10. The van der Waals surface area contributed by atoms with Crippen LogP contribution in [0.4, 0.5) is 5.00 Å². The molecule has 0 aromatic carbocycles. The lowest BCUT2D eigenvalue weighted by molar-refractivity contribution is 0.0988. The molecule has 0 fully saturated rings. The van der Waals surface area contributed by atoms with Gasteiger partial charge in [0, 0.05) is 23.5 Å². The third-order valence-electron chi connectivity index (χ3n) is 2.47. The second-order valence-electron chi connectivity index (χ2n) is 3.66. The number of anilines is 1. The van der Waals surface area contributed by atoms with Crippen LogP contribution in [-0.4, -0.2) is 20.7 Å². The Kier molecular flexibility index (Phi) is 3.48. The number of carbonyl (C=O) groups excluding carboxylic acids is 1. The van der Waals surface area contributed by atoms with Crippen molar-refractivity contribution in [2.75, 3.05) is 5.32 Å². The zero-order valence-electron chi connectivity index (χ0n) is 9.51. The lowest BCUT2D eigenvalue weighted by Gasteiger charge is -2.00. The summed E-state index contributed by atoms with van der Waals surface area (Å²) in [6.45, 7) is 4.09.